The van der Waals surface area contributed by atoms with E-state index in [9.17, 15) is 28.1 Å². The molecule has 1 saturated heterocycles. The molecule has 0 aliphatic carbocycles. The first-order valence-electron chi connectivity index (χ1n) is 11.1. The van der Waals surface area contributed by atoms with Crippen LogP contribution in [0.15, 0.2) is 66.7 Å². The Morgan fingerprint density at radius 2 is 1.64 bits per heavy atom. The fraction of sp³-hybridized carbons (Fsp3) is 0.240. The van der Waals surface area contributed by atoms with E-state index in [1.54, 1.807) is 30.3 Å². The van der Waals surface area contributed by atoms with Gasteiger partial charge in [0.2, 0.25) is 0 Å². The topological polar surface area (TPSA) is 98.9 Å². The van der Waals surface area contributed by atoms with Crippen LogP contribution in [0, 0.1) is 10.1 Å². The van der Waals surface area contributed by atoms with Crippen molar-refractivity contribution in [1.29, 1.82) is 0 Å². The monoisotopic (exact) mass is 500 g/mol. The number of hydrogen-bond donors (Lipinski definition) is 2. The molecule has 3 aromatic rings. The first-order chi connectivity index (χ1) is 17.1. The molecule has 8 nitrogen and oxygen atoms in total. The van der Waals surface area contributed by atoms with Gasteiger partial charge in [0.15, 0.2) is 0 Å². The van der Waals surface area contributed by atoms with Gasteiger partial charge in [0, 0.05) is 50.2 Å². The zero-order chi connectivity index (χ0) is 25.9. The van der Waals surface area contributed by atoms with Gasteiger partial charge in [0.25, 0.3) is 5.69 Å². The number of piperazine rings is 1. The molecule has 1 aliphatic heterocycles. The Morgan fingerprint density at radius 1 is 0.972 bits per heavy atom. The summed E-state index contributed by atoms with van der Waals surface area (Å²) >= 11 is 0. The van der Waals surface area contributed by atoms with E-state index in [1.807, 2.05) is 9.80 Å². The number of nitro groups is 1. The van der Waals surface area contributed by atoms with Gasteiger partial charge >= 0.3 is 12.1 Å². The Labute approximate surface area is 204 Å². The summed E-state index contributed by atoms with van der Waals surface area (Å²) in [7, 11) is 0. The second kappa shape index (κ2) is 10.1. The SMILES string of the molecule is O=C(O)c1ccc(CNc2ccc([N+](=O)[O-])c(N3CCN(c4cccc(C(F)(F)F)c4)CC3)c2)cc1. The van der Waals surface area contributed by atoms with Gasteiger partial charge in [-0.25, -0.2) is 4.79 Å². The highest BCUT2D eigenvalue weighted by Crippen LogP contribution is 2.34. The smallest absolute Gasteiger partial charge is 0.416 e. The molecule has 0 bridgehead atoms. The van der Waals surface area contributed by atoms with E-state index < -0.39 is 22.6 Å². The van der Waals surface area contributed by atoms with Crippen molar-refractivity contribution in [1.82, 2.24) is 0 Å². The quantitative estimate of drug-likeness (QED) is 0.338. The lowest BCUT2D eigenvalue weighted by Gasteiger charge is -2.37. The number of alkyl halides is 3. The first-order valence-corrected chi connectivity index (χ1v) is 11.1. The number of carbonyl (C=O) groups is 1. The number of nitrogens with one attached hydrogen (secondary N) is 1. The molecular formula is C25H23F3N4O4. The lowest BCUT2D eigenvalue weighted by atomic mass is 10.1. The van der Waals surface area contributed by atoms with Crippen LogP contribution in [0.3, 0.4) is 0 Å². The summed E-state index contributed by atoms with van der Waals surface area (Å²) in [6, 6.07) is 16.2. The minimum Gasteiger partial charge on any atom is -0.478 e. The molecule has 3 aromatic carbocycles. The second-order valence-electron chi connectivity index (χ2n) is 8.34. The Morgan fingerprint density at radius 3 is 2.25 bits per heavy atom. The molecule has 1 heterocycles. The molecule has 188 valence electrons. The average Bonchev–Trinajstić information content (AvgIpc) is 2.87. The van der Waals surface area contributed by atoms with Crippen LogP contribution in [-0.4, -0.2) is 42.2 Å². The van der Waals surface area contributed by atoms with Gasteiger partial charge in [-0.3, -0.25) is 10.1 Å². The van der Waals surface area contributed by atoms with Crippen LogP contribution < -0.4 is 15.1 Å². The molecule has 0 saturated carbocycles. The maximum absolute atomic E-state index is 13.1. The zero-order valence-corrected chi connectivity index (χ0v) is 19.0. The maximum atomic E-state index is 13.1. The lowest BCUT2D eigenvalue weighted by molar-refractivity contribution is -0.384. The number of rotatable bonds is 7. The summed E-state index contributed by atoms with van der Waals surface area (Å²) in [5.74, 6) is -1.01. The van der Waals surface area contributed by atoms with E-state index in [0.717, 1.165) is 17.7 Å². The summed E-state index contributed by atoms with van der Waals surface area (Å²) < 4.78 is 39.2. The largest absolute Gasteiger partial charge is 0.478 e. The van der Waals surface area contributed by atoms with Crippen molar-refractivity contribution in [3.05, 3.63) is 93.5 Å². The van der Waals surface area contributed by atoms with Crippen molar-refractivity contribution >= 4 is 28.7 Å². The normalized spacial score (nSPS) is 14.0. The summed E-state index contributed by atoms with van der Waals surface area (Å²) in [5, 5.41) is 23.9. The van der Waals surface area contributed by atoms with E-state index in [2.05, 4.69) is 5.32 Å². The number of halogens is 3. The Hall–Kier alpha value is -4.28. The molecule has 4 rings (SSSR count). The van der Waals surface area contributed by atoms with Gasteiger partial charge in [-0.1, -0.05) is 18.2 Å². The number of carboxylic acids is 1. The van der Waals surface area contributed by atoms with Crippen molar-refractivity contribution in [2.75, 3.05) is 41.3 Å². The number of hydrogen-bond acceptors (Lipinski definition) is 6. The minimum absolute atomic E-state index is 0.0566. The minimum atomic E-state index is -4.43. The van der Waals surface area contributed by atoms with Crippen LogP contribution in [-0.2, 0) is 12.7 Å². The molecule has 0 amide bonds. The third kappa shape index (κ3) is 5.68. The lowest BCUT2D eigenvalue weighted by Crippen LogP contribution is -2.46. The Bertz CT molecular complexity index is 1260. The van der Waals surface area contributed by atoms with Gasteiger partial charge in [-0.15, -0.1) is 0 Å². The van der Waals surface area contributed by atoms with Crippen molar-refractivity contribution in [3.63, 3.8) is 0 Å². The van der Waals surface area contributed by atoms with Crippen LogP contribution in [0.4, 0.5) is 35.9 Å². The van der Waals surface area contributed by atoms with E-state index in [4.69, 9.17) is 5.11 Å². The van der Waals surface area contributed by atoms with Crippen LogP contribution in [0.2, 0.25) is 0 Å². The van der Waals surface area contributed by atoms with E-state index in [1.165, 1.54) is 24.3 Å². The molecule has 0 atom stereocenters. The van der Waals surface area contributed by atoms with Crippen molar-refractivity contribution in [3.8, 4) is 0 Å². The fourth-order valence-corrected chi connectivity index (χ4v) is 4.09. The molecule has 1 fully saturated rings. The highest BCUT2D eigenvalue weighted by molar-refractivity contribution is 5.87. The number of nitrogens with zero attached hydrogens (tertiary/aromatic N) is 3. The highest BCUT2D eigenvalue weighted by atomic mass is 19.4. The molecular weight excluding hydrogens is 477 g/mol. The van der Waals surface area contributed by atoms with Gasteiger partial charge in [0.1, 0.15) is 5.69 Å². The molecule has 36 heavy (non-hydrogen) atoms. The van der Waals surface area contributed by atoms with Crippen LogP contribution in [0.1, 0.15) is 21.5 Å². The Balaban J connectivity index is 1.46. The maximum Gasteiger partial charge on any atom is 0.416 e. The highest BCUT2D eigenvalue weighted by Gasteiger charge is 2.31. The van der Waals surface area contributed by atoms with E-state index in [0.29, 0.717) is 49.8 Å². The molecule has 0 spiro atoms. The average molecular weight is 500 g/mol. The molecule has 0 unspecified atom stereocenters. The summed E-state index contributed by atoms with van der Waals surface area (Å²) in [5.41, 5.74) is 1.79. The fourth-order valence-electron chi connectivity index (χ4n) is 4.09. The number of benzene rings is 3. The molecule has 0 radical (unpaired) electrons. The van der Waals surface area contributed by atoms with Crippen LogP contribution in [0.5, 0.6) is 0 Å². The molecule has 11 heteroatoms. The standard InChI is InChI=1S/C25H23F3N4O4/c26-25(27,28)19-2-1-3-21(14-19)30-10-12-31(13-11-30)23-15-20(8-9-22(23)32(35)36)29-16-17-4-6-18(7-5-17)24(33)34/h1-9,14-15,29H,10-13,16H2,(H,33,34). The second-order valence-corrected chi connectivity index (χ2v) is 8.34. The summed E-state index contributed by atoms with van der Waals surface area (Å²) in [6.07, 6.45) is -4.43. The van der Waals surface area contributed by atoms with Crippen molar-refractivity contribution in [2.45, 2.75) is 12.7 Å². The number of nitro benzene ring substituents is 1. The first kappa shape index (κ1) is 24.8. The van der Waals surface area contributed by atoms with Gasteiger partial charge in [0.05, 0.1) is 16.1 Å². The molecule has 0 aromatic heterocycles. The predicted octanol–water partition coefficient (Wildman–Crippen LogP) is 5.25. The summed E-state index contributed by atoms with van der Waals surface area (Å²) in [6.45, 7) is 2.01. The summed E-state index contributed by atoms with van der Waals surface area (Å²) in [4.78, 5) is 25.9. The third-order valence-corrected chi connectivity index (χ3v) is 6.03. The van der Waals surface area contributed by atoms with Gasteiger partial charge < -0.3 is 20.2 Å². The third-order valence-electron chi connectivity index (χ3n) is 6.03. The van der Waals surface area contributed by atoms with Crippen LogP contribution in [0.25, 0.3) is 0 Å². The predicted molar refractivity (Wildman–Crippen MR) is 130 cm³/mol. The molecule has 1 aliphatic rings. The zero-order valence-electron chi connectivity index (χ0n) is 19.0. The molecule has 2 N–H and O–H groups in total. The van der Waals surface area contributed by atoms with E-state index >= 15 is 0 Å². The number of aromatic carboxylic acids is 1. The van der Waals surface area contributed by atoms with Crippen molar-refractivity contribution in [2.24, 2.45) is 0 Å². The number of carboxylic acid groups (broad SMARTS) is 1. The number of anilines is 3. The van der Waals surface area contributed by atoms with E-state index in [-0.39, 0.29) is 11.3 Å². The van der Waals surface area contributed by atoms with Crippen LogP contribution >= 0.6 is 0 Å². The van der Waals surface area contributed by atoms with Gasteiger partial charge in [-0.2, -0.15) is 13.2 Å². The van der Waals surface area contributed by atoms with Gasteiger partial charge in [-0.05, 0) is 48.0 Å². The Kier molecular flexibility index (Phi) is 7.00. The van der Waals surface area contributed by atoms with Crippen molar-refractivity contribution < 1.29 is 28.0 Å².